The zero-order valence-corrected chi connectivity index (χ0v) is 16.2. The summed E-state index contributed by atoms with van der Waals surface area (Å²) in [6.07, 6.45) is 2.92. The Balaban J connectivity index is 1.74. The Kier molecular flexibility index (Phi) is 7.13. The van der Waals surface area contributed by atoms with Gasteiger partial charge in [-0.3, -0.25) is 4.79 Å². The van der Waals surface area contributed by atoms with E-state index >= 15 is 0 Å². The van der Waals surface area contributed by atoms with Crippen LogP contribution in [0.3, 0.4) is 0 Å². The van der Waals surface area contributed by atoms with Crippen molar-refractivity contribution in [2.75, 3.05) is 18.4 Å². The predicted octanol–water partition coefficient (Wildman–Crippen LogP) is 4.33. The van der Waals surface area contributed by atoms with Crippen molar-refractivity contribution in [2.24, 2.45) is 0 Å². The first-order valence-corrected chi connectivity index (χ1v) is 9.77. The van der Waals surface area contributed by atoms with Gasteiger partial charge in [0.25, 0.3) is 5.91 Å². The number of nitrogens with one attached hydrogen (secondary N) is 2. The summed E-state index contributed by atoms with van der Waals surface area (Å²) in [4.78, 5) is 21.7. The number of amides is 1. The van der Waals surface area contributed by atoms with Crippen LogP contribution < -0.4 is 10.6 Å². The highest BCUT2D eigenvalue weighted by atomic mass is 16.1. The molecular formula is C23H26N4O. The number of hydrogen-bond donors (Lipinski definition) is 2. The Morgan fingerprint density at radius 3 is 2.36 bits per heavy atom. The Morgan fingerprint density at radius 1 is 0.929 bits per heavy atom. The van der Waals surface area contributed by atoms with Crippen molar-refractivity contribution in [1.82, 2.24) is 15.3 Å². The van der Waals surface area contributed by atoms with Crippen molar-refractivity contribution in [1.29, 1.82) is 0 Å². The van der Waals surface area contributed by atoms with Crippen molar-refractivity contribution in [3.63, 3.8) is 0 Å². The fraction of sp³-hybridized carbons (Fsp3) is 0.261. The Hall–Kier alpha value is -3.21. The van der Waals surface area contributed by atoms with E-state index in [1.807, 2.05) is 48.5 Å². The molecule has 5 heteroatoms. The van der Waals surface area contributed by atoms with Crippen LogP contribution >= 0.6 is 0 Å². The van der Waals surface area contributed by atoms with E-state index in [2.05, 4.69) is 39.7 Å². The molecular weight excluding hydrogens is 348 g/mol. The lowest BCUT2D eigenvalue weighted by Gasteiger charge is -2.10. The van der Waals surface area contributed by atoms with Gasteiger partial charge in [0.1, 0.15) is 11.5 Å². The standard InChI is InChI=1S/C23H26N4O/c1-2-3-15-24-21-17-20(26-22(27-21)19-12-8-5-9-13-19)23(28)25-16-14-18-10-6-4-7-11-18/h4-13,17H,2-3,14-16H2,1H3,(H,25,28)(H,24,26,27). The number of aromatic nitrogens is 2. The number of hydrogen-bond acceptors (Lipinski definition) is 4. The third-order valence-corrected chi connectivity index (χ3v) is 4.37. The second kappa shape index (κ2) is 10.2. The molecule has 28 heavy (non-hydrogen) atoms. The summed E-state index contributed by atoms with van der Waals surface area (Å²) in [6.45, 7) is 3.52. The zero-order chi connectivity index (χ0) is 19.6. The molecule has 1 amide bonds. The highest BCUT2D eigenvalue weighted by molar-refractivity contribution is 5.93. The molecule has 1 heterocycles. The lowest BCUT2D eigenvalue weighted by atomic mass is 10.1. The van der Waals surface area contributed by atoms with Gasteiger partial charge >= 0.3 is 0 Å². The first-order valence-electron chi connectivity index (χ1n) is 9.77. The minimum atomic E-state index is -0.186. The third-order valence-electron chi connectivity index (χ3n) is 4.37. The summed E-state index contributed by atoms with van der Waals surface area (Å²) in [5, 5.41) is 6.27. The van der Waals surface area contributed by atoms with Crippen LogP contribution in [0.5, 0.6) is 0 Å². The van der Waals surface area contributed by atoms with Crippen LogP contribution in [-0.4, -0.2) is 29.0 Å². The first kappa shape index (κ1) is 19.5. The largest absolute Gasteiger partial charge is 0.370 e. The molecule has 2 aromatic carbocycles. The molecule has 1 aromatic heterocycles. The molecule has 3 rings (SSSR count). The number of rotatable bonds is 9. The van der Waals surface area contributed by atoms with E-state index in [9.17, 15) is 4.79 Å². The average Bonchev–Trinajstić information content (AvgIpc) is 2.75. The van der Waals surface area contributed by atoms with E-state index in [1.165, 1.54) is 5.56 Å². The van der Waals surface area contributed by atoms with Crippen molar-refractivity contribution in [3.8, 4) is 11.4 Å². The normalized spacial score (nSPS) is 10.5. The molecule has 0 spiro atoms. The van der Waals surface area contributed by atoms with Gasteiger partial charge in [-0.25, -0.2) is 9.97 Å². The minimum absolute atomic E-state index is 0.186. The Labute approximate surface area is 166 Å². The predicted molar refractivity (Wildman–Crippen MR) is 113 cm³/mol. The molecule has 0 bridgehead atoms. The SMILES string of the molecule is CCCCNc1cc(C(=O)NCCc2ccccc2)nc(-c2ccccc2)n1. The van der Waals surface area contributed by atoms with Crippen molar-refractivity contribution < 1.29 is 4.79 Å². The van der Waals surface area contributed by atoms with Crippen LogP contribution in [0, 0.1) is 0 Å². The van der Waals surface area contributed by atoms with Gasteiger partial charge in [0.05, 0.1) is 0 Å². The molecule has 0 saturated carbocycles. The van der Waals surface area contributed by atoms with E-state index < -0.39 is 0 Å². The van der Waals surface area contributed by atoms with Crippen LogP contribution in [0.15, 0.2) is 66.7 Å². The van der Waals surface area contributed by atoms with Crippen molar-refractivity contribution in [2.45, 2.75) is 26.2 Å². The highest BCUT2D eigenvalue weighted by Crippen LogP contribution is 2.18. The number of benzene rings is 2. The summed E-state index contributed by atoms with van der Waals surface area (Å²) in [5.74, 6) is 1.04. The Bertz CT molecular complexity index is 882. The number of unbranched alkanes of at least 4 members (excludes halogenated alkanes) is 1. The molecule has 0 aliphatic rings. The summed E-state index contributed by atoms with van der Waals surface area (Å²) >= 11 is 0. The van der Waals surface area contributed by atoms with E-state index in [4.69, 9.17) is 0 Å². The number of carbonyl (C=O) groups excluding carboxylic acids is 1. The second-order valence-corrected chi connectivity index (χ2v) is 6.60. The van der Waals surface area contributed by atoms with Crippen LogP contribution in [0.25, 0.3) is 11.4 Å². The number of anilines is 1. The van der Waals surface area contributed by atoms with Crippen molar-refractivity contribution in [3.05, 3.63) is 78.0 Å². The van der Waals surface area contributed by atoms with E-state index in [0.717, 1.165) is 31.4 Å². The molecule has 3 aromatic rings. The molecule has 144 valence electrons. The molecule has 0 aliphatic heterocycles. The maximum absolute atomic E-state index is 12.7. The molecule has 0 aliphatic carbocycles. The van der Waals surface area contributed by atoms with Gasteiger partial charge < -0.3 is 10.6 Å². The molecule has 5 nitrogen and oxygen atoms in total. The molecule has 0 saturated heterocycles. The average molecular weight is 374 g/mol. The highest BCUT2D eigenvalue weighted by Gasteiger charge is 2.13. The molecule has 0 radical (unpaired) electrons. The quantitative estimate of drug-likeness (QED) is 0.547. The molecule has 0 unspecified atom stereocenters. The van der Waals surface area contributed by atoms with Gasteiger partial charge in [-0.1, -0.05) is 74.0 Å². The van der Waals surface area contributed by atoms with Gasteiger partial charge in [0, 0.05) is 24.7 Å². The van der Waals surface area contributed by atoms with Gasteiger partial charge in [-0.15, -0.1) is 0 Å². The Morgan fingerprint density at radius 2 is 1.64 bits per heavy atom. The molecule has 0 fully saturated rings. The van der Waals surface area contributed by atoms with Crippen LogP contribution in [0.4, 0.5) is 5.82 Å². The number of nitrogens with zero attached hydrogens (tertiary/aromatic N) is 2. The lowest BCUT2D eigenvalue weighted by Crippen LogP contribution is -2.27. The second-order valence-electron chi connectivity index (χ2n) is 6.60. The minimum Gasteiger partial charge on any atom is -0.370 e. The van der Waals surface area contributed by atoms with E-state index in [0.29, 0.717) is 23.9 Å². The fourth-order valence-corrected chi connectivity index (χ4v) is 2.82. The summed E-state index contributed by atoms with van der Waals surface area (Å²) in [6, 6.07) is 21.5. The van der Waals surface area contributed by atoms with Gasteiger partial charge in [-0.2, -0.15) is 0 Å². The fourth-order valence-electron chi connectivity index (χ4n) is 2.82. The van der Waals surface area contributed by atoms with Gasteiger partial charge in [-0.05, 0) is 18.4 Å². The maximum atomic E-state index is 12.7. The maximum Gasteiger partial charge on any atom is 0.270 e. The summed E-state index contributed by atoms with van der Waals surface area (Å²) < 4.78 is 0. The van der Waals surface area contributed by atoms with Gasteiger partial charge in [0.2, 0.25) is 0 Å². The van der Waals surface area contributed by atoms with Crippen LogP contribution in [0.1, 0.15) is 35.8 Å². The monoisotopic (exact) mass is 374 g/mol. The zero-order valence-electron chi connectivity index (χ0n) is 16.2. The molecule has 2 N–H and O–H groups in total. The lowest BCUT2D eigenvalue weighted by molar-refractivity contribution is 0.0949. The molecule has 0 atom stereocenters. The third kappa shape index (κ3) is 5.64. The van der Waals surface area contributed by atoms with Crippen molar-refractivity contribution >= 4 is 11.7 Å². The number of carbonyl (C=O) groups is 1. The summed E-state index contributed by atoms with van der Waals surface area (Å²) in [5.41, 5.74) is 2.46. The van der Waals surface area contributed by atoms with E-state index in [-0.39, 0.29) is 5.91 Å². The topological polar surface area (TPSA) is 66.9 Å². The van der Waals surface area contributed by atoms with Crippen LogP contribution in [0.2, 0.25) is 0 Å². The van der Waals surface area contributed by atoms with Gasteiger partial charge in [0.15, 0.2) is 5.82 Å². The first-order chi connectivity index (χ1) is 13.8. The smallest absolute Gasteiger partial charge is 0.270 e. The van der Waals surface area contributed by atoms with Crippen LogP contribution in [-0.2, 0) is 6.42 Å². The van der Waals surface area contributed by atoms with E-state index in [1.54, 1.807) is 6.07 Å². The summed E-state index contributed by atoms with van der Waals surface area (Å²) in [7, 11) is 0.